The van der Waals surface area contributed by atoms with Crippen LogP contribution in [0.5, 0.6) is 5.75 Å². The molecule has 1 aromatic heterocycles. The van der Waals surface area contributed by atoms with Gasteiger partial charge in [0, 0.05) is 6.54 Å². The number of anilines is 2. The molecule has 1 unspecified atom stereocenters. The number of nitrogens with one attached hydrogen (secondary N) is 1. The predicted octanol–water partition coefficient (Wildman–Crippen LogP) is 3.02. The summed E-state index contributed by atoms with van der Waals surface area (Å²) in [5.41, 5.74) is 6.73. The van der Waals surface area contributed by atoms with Gasteiger partial charge in [0.1, 0.15) is 6.10 Å². The Morgan fingerprint density at radius 1 is 1.30 bits per heavy atom. The van der Waals surface area contributed by atoms with E-state index in [0.29, 0.717) is 11.6 Å². The van der Waals surface area contributed by atoms with E-state index in [2.05, 4.69) is 22.2 Å². The van der Waals surface area contributed by atoms with Crippen LogP contribution in [-0.2, 0) is 0 Å². The highest BCUT2D eigenvalue weighted by molar-refractivity contribution is 5.51. The molecule has 0 aliphatic carbocycles. The number of nitrogens with two attached hydrogens (primary N) is 1. The molecule has 1 aromatic carbocycles. The molecule has 1 atom stereocenters. The SMILES string of the molecule is CCCNc1nc(N)ncc1OC(C)c1ccccc1. The number of ether oxygens (including phenoxy) is 1. The number of hydrogen-bond acceptors (Lipinski definition) is 5. The predicted molar refractivity (Wildman–Crippen MR) is 80.7 cm³/mol. The van der Waals surface area contributed by atoms with E-state index in [4.69, 9.17) is 10.5 Å². The molecular formula is C15H20N4O. The molecule has 2 aromatic rings. The lowest BCUT2D eigenvalue weighted by atomic mass is 10.1. The summed E-state index contributed by atoms with van der Waals surface area (Å²) in [5.74, 6) is 1.49. The van der Waals surface area contributed by atoms with Crippen LogP contribution < -0.4 is 15.8 Å². The van der Waals surface area contributed by atoms with Crippen molar-refractivity contribution in [3.05, 3.63) is 42.1 Å². The number of hydrogen-bond donors (Lipinski definition) is 2. The maximum absolute atomic E-state index is 5.94. The summed E-state index contributed by atoms with van der Waals surface area (Å²) in [4.78, 5) is 8.18. The molecule has 0 radical (unpaired) electrons. The van der Waals surface area contributed by atoms with Crippen molar-refractivity contribution in [3.63, 3.8) is 0 Å². The topological polar surface area (TPSA) is 73.1 Å². The Balaban J connectivity index is 2.15. The van der Waals surface area contributed by atoms with Gasteiger partial charge in [0.05, 0.1) is 6.20 Å². The molecule has 0 saturated carbocycles. The summed E-state index contributed by atoms with van der Waals surface area (Å²) >= 11 is 0. The van der Waals surface area contributed by atoms with Crippen molar-refractivity contribution >= 4 is 11.8 Å². The van der Waals surface area contributed by atoms with Gasteiger partial charge in [-0.3, -0.25) is 0 Å². The quantitative estimate of drug-likeness (QED) is 0.845. The highest BCUT2D eigenvalue weighted by Gasteiger charge is 2.12. The van der Waals surface area contributed by atoms with Crippen molar-refractivity contribution in [2.45, 2.75) is 26.4 Å². The van der Waals surface area contributed by atoms with E-state index in [1.807, 2.05) is 37.3 Å². The third-order valence-corrected chi connectivity index (χ3v) is 2.89. The molecule has 5 heteroatoms. The monoisotopic (exact) mass is 272 g/mol. The second-order valence-electron chi connectivity index (χ2n) is 4.54. The third-order valence-electron chi connectivity index (χ3n) is 2.89. The summed E-state index contributed by atoms with van der Waals surface area (Å²) in [7, 11) is 0. The normalized spacial score (nSPS) is 11.9. The van der Waals surface area contributed by atoms with Gasteiger partial charge in [0.25, 0.3) is 0 Å². The number of rotatable bonds is 6. The number of benzene rings is 1. The number of nitrogen functional groups attached to an aromatic ring is 1. The Morgan fingerprint density at radius 3 is 2.75 bits per heavy atom. The Morgan fingerprint density at radius 2 is 2.05 bits per heavy atom. The zero-order valence-electron chi connectivity index (χ0n) is 11.8. The van der Waals surface area contributed by atoms with Gasteiger partial charge in [-0.1, -0.05) is 37.3 Å². The van der Waals surface area contributed by atoms with Gasteiger partial charge >= 0.3 is 0 Å². The van der Waals surface area contributed by atoms with Crippen molar-refractivity contribution in [3.8, 4) is 5.75 Å². The maximum Gasteiger partial charge on any atom is 0.222 e. The minimum atomic E-state index is -0.0781. The number of nitrogens with zero attached hydrogens (tertiary/aromatic N) is 2. The van der Waals surface area contributed by atoms with Crippen molar-refractivity contribution in [1.82, 2.24) is 9.97 Å². The largest absolute Gasteiger partial charge is 0.481 e. The zero-order chi connectivity index (χ0) is 14.4. The van der Waals surface area contributed by atoms with E-state index in [9.17, 15) is 0 Å². The molecule has 20 heavy (non-hydrogen) atoms. The Labute approximate surface area is 119 Å². The van der Waals surface area contributed by atoms with Gasteiger partial charge in [0.2, 0.25) is 5.95 Å². The Kier molecular flexibility index (Phi) is 4.76. The first kappa shape index (κ1) is 14.1. The third kappa shape index (κ3) is 3.60. The second-order valence-corrected chi connectivity index (χ2v) is 4.54. The summed E-state index contributed by atoms with van der Waals surface area (Å²) < 4.78 is 5.94. The van der Waals surface area contributed by atoms with Crippen LogP contribution >= 0.6 is 0 Å². The molecule has 106 valence electrons. The van der Waals surface area contributed by atoms with Crippen LogP contribution in [0.25, 0.3) is 0 Å². The van der Waals surface area contributed by atoms with Gasteiger partial charge in [-0.15, -0.1) is 0 Å². The maximum atomic E-state index is 5.94. The van der Waals surface area contributed by atoms with E-state index in [1.165, 1.54) is 0 Å². The molecule has 0 bridgehead atoms. The Hall–Kier alpha value is -2.30. The van der Waals surface area contributed by atoms with Gasteiger partial charge in [0.15, 0.2) is 11.6 Å². The van der Waals surface area contributed by atoms with Crippen LogP contribution in [0.3, 0.4) is 0 Å². The molecule has 0 saturated heterocycles. The molecule has 0 fully saturated rings. The summed E-state index contributed by atoms with van der Waals surface area (Å²) in [6, 6.07) is 10.0. The van der Waals surface area contributed by atoms with E-state index in [0.717, 1.165) is 18.5 Å². The molecule has 0 aliphatic heterocycles. The van der Waals surface area contributed by atoms with Gasteiger partial charge in [-0.2, -0.15) is 4.98 Å². The van der Waals surface area contributed by atoms with E-state index >= 15 is 0 Å². The smallest absolute Gasteiger partial charge is 0.222 e. The molecular weight excluding hydrogens is 252 g/mol. The van der Waals surface area contributed by atoms with Crippen molar-refractivity contribution in [1.29, 1.82) is 0 Å². The van der Waals surface area contributed by atoms with Crippen LogP contribution in [0, 0.1) is 0 Å². The minimum absolute atomic E-state index is 0.0781. The average Bonchev–Trinajstić information content (AvgIpc) is 2.48. The molecule has 1 heterocycles. The highest BCUT2D eigenvalue weighted by atomic mass is 16.5. The average molecular weight is 272 g/mol. The standard InChI is InChI=1S/C15H20N4O/c1-3-9-17-14-13(10-18-15(16)19-14)20-11(2)12-7-5-4-6-8-12/h4-8,10-11H,3,9H2,1-2H3,(H3,16,17,18,19). The molecule has 2 rings (SSSR count). The first-order chi connectivity index (χ1) is 9.70. The first-order valence-corrected chi connectivity index (χ1v) is 6.78. The van der Waals surface area contributed by atoms with Gasteiger partial charge < -0.3 is 15.8 Å². The number of aromatic nitrogens is 2. The fourth-order valence-corrected chi connectivity index (χ4v) is 1.82. The molecule has 0 spiro atoms. The lowest BCUT2D eigenvalue weighted by Crippen LogP contribution is -2.10. The zero-order valence-corrected chi connectivity index (χ0v) is 11.8. The second kappa shape index (κ2) is 6.75. The summed E-state index contributed by atoms with van der Waals surface area (Å²) in [6.45, 7) is 4.90. The Bertz CT molecular complexity index is 545. The lowest BCUT2D eigenvalue weighted by molar-refractivity contribution is 0.226. The lowest BCUT2D eigenvalue weighted by Gasteiger charge is -2.17. The van der Waals surface area contributed by atoms with Gasteiger partial charge in [-0.05, 0) is 18.9 Å². The van der Waals surface area contributed by atoms with Crippen molar-refractivity contribution < 1.29 is 4.74 Å². The van der Waals surface area contributed by atoms with Crippen LogP contribution in [0.2, 0.25) is 0 Å². The fraction of sp³-hybridized carbons (Fsp3) is 0.333. The summed E-state index contributed by atoms with van der Waals surface area (Å²) in [5, 5.41) is 3.20. The molecule has 3 N–H and O–H groups in total. The minimum Gasteiger partial charge on any atom is -0.481 e. The van der Waals surface area contributed by atoms with Crippen LogP contribution in [0.4, 0.5) is 11.8 Å². The van der Waals surface area contributed by atoms with Gasteiger partial charge in [-0.25, -0.2) is 4.98 Å². The summed E-state index contributed by atoms with van der Waals surface area (Å²) in [6.07, 6.45) is 2.53. The molecule has 0 amide bonds. The van der Waals surface area contributed by atoms with E-state index in [-0.39, 0.29) is 12.1 Å². The van der Waals surface area contributed by atoms with Crippen molar-refractivity contribution in [2.24, 2.45) is 0 Å². The van der Waals surface area contributed by atoms with Crippen LogP contribution in [0.15, 0.2) is 36.5 Å². The first-order valence-electron chi connectivity index (χ1n) is 6.78. The van der Waals surface area contributed by atoms with Crippen molar-refractivity contribution in [2.75, 3.05) is 17.6 Å². The molecule has 0 aliphatic rings. The van der Waals surface area contributed by atoms with Crippen LogP contribution in [-0.4, -0.2) is 16.5 Å². The molecule has 5 nitrogen and oxygen atoms in total. The highest BCUT2D eigenvalue weighted by Crippen LogP contribution is 2.27. The van der Waals surface area contributed by atoms with E-state index < -0.39 is 0 Å². The fourth-order valence-electron chi connectivity index (χ4n) is 1.82. The van der Waals surface area contributed by atoms with E-state index in [1.54, 1.807) is 6.20 Å². The van der Waals surface area contributed by atoms with Crippen LogP contribution in [0.1, 0.15) is 31.9 Å².